The molecule has 5 heteroatoms. The first-order chi connectivity index (χ1) is 7.63. The van der Waals surface area contributed by atoms with E-state index in [0.29, 0.717) is 16.4 Å². The molecule has 0 aromatic carbocycles. The van der Waals surface area contributed by atoms with Crippen LogP contribution in [0, 0.1) is 11.8 Å². The lowest BCUT2D eigenvalue weighted by Gasteiger charge is -1.95. The summed E-state index contributed by atoms with van der Waals surface area (Å²) in [6, 6.07) is 3.29. The zero-order valence-corrected chi connectivity index (χ0v) is 9.47. The molecule has 1 aromatic rings. The number of carboxylic acid groups (broad SMARTS) is 1. The standard InChI is InChI=1S/C11H10O4S/c1-2-15-11(14)9-7-6-8(16-9)4-3-5-10(12)13/h6-7H,2,5H2,1H3,(H,12,13). The number of hydrogen-bond acceptors (Lipinski definition) is 4. The zero-order chi connectivity index (χ0) is 12.0. The van der Waals surface area contributed by atoms with Crippen LogP contribution in [0.4, 0.5) is 0 Å². The zero-order valence-electron chi connectivity index (χ0n) is 8.65. The van der Waals surface area contributed by atoms with E-state index >= 15 is 0 Å². The molecule has 0 spiro atoms. The van der Waals surface area contributed by atoms with Crippen molar-refractivity contribution in [3.63, 3.8) is 0 Å². The molecule has 0 saturated heterocycles. The van der Waals surface area contributed by atoms with Gasteiger partial charge in [0.15, 0.2) is 0 Å². The molecule has 0 bridgehead atoms. The molecular weight excluding hydrogens is 228 g/mol. The van der Waals surface area contributed by atoms with Gasteiger partial charge < -0.3 is 9.84 Å². The van der Waals surface area contributed by atoms with E-state index in [1.54, 1.807) is 19.1 Å². The first-order valence-electron chi connectivity index (χ1n) is 4.61. The number of ether oxygens (including phenoxy) is 1. The van der Waals surface area contributed by atoms with Crippen LogP contribution in [0.25, 0.3) is 0 Å². The summed E-state index contributed by atoms with van der Waals surface area (Å²) >= 11 is 1.19. The quantitative estimate of drug-likeness (QED) is 0.643. The summed E-state index contributed by atoms with van der Waals surface area (Å²) in [6.07, 6.45) is -0.202. The number of aliphatic carboxylic acids is 1. The van der Waals surface area contributed by atoms with Crippen LogP contribution < -0.4 is 0 Å². The monoisotopic (exact) mass is 238 g/mol. The van der Waals surface area contributed by atoms with Crippen LogP contribution in [-0.2, 0) is 9.53 Å². The summed E-state index contributed by atoms with van der Waals surface area (Å²) < 4.78 is 4.81. The van der Waals surface area contributed by atoms with Gasteiger partial charge in [-0.1, -0.05) is 11.8 Å². The predicted molar refractivity (Wildman–Crippen MR) is 59.4 cm³/mol. The molecule has 0 saturated carbocycles. The Kier molecular flexibility index (Phi) is 4.55. The normalized spacial score (nSPS) is 9.06. The first-order valence-corrected chi connectivity index (χ1v) is 5.42. The summed E-state index contributed by atoms with van der Waals surface area (Å²) in [5.74, 6) is 3.83. The molecule has 84 valence electrons. The van der Waals surface area contributed by atoms with Gasteiger partial charge >= 0.3 is 11.9 Å². The molecule has 0 aliphatic rings. The molecule has 0 atom stereocenters. The van der Waals surface area contributed by atoms with Crippen LogP contribution >= 0.6 is 11.3 Å². The van der Waals surface area contributed by atoms with E-state index in [0.717, 1.165) is 0 Å². The number of rotatable bonds is 3. The highest BCUT2D eigenvalue weighted by Gasteiger charge is 2.08. The van der Waals surface area contributed by atoms with Gasteiger partial charge in [0.25, 0.3) is 0 Å². The van der Waals surface area contributed by atoms with Crippen LogP contribution in [0.5, 0.6) is 0 Å². The molecule has 0 fully saturated rings. The molecule has 4 nitrogen and oxygen atoms in total. The third-order valence-corrected chi connectivity index (χ3v) is 2.51. The molecule has 1 aromatic heterocycles. The molecule has 0 aliphatic carbocycles. The fraction of sp³-hybridized carbons (Fsp3) is 0.273. The third-order valence-electron chi connectivity index (χ3n) is 1.53. The van der Waals surface area contributed by atoms with E-state index in [1.807, 2.05) is 0 Å². The van der Waals surface area contributed by atoms with Gasteiger partial charge in [0, 0.05) is 0 Å². The lowest BCUT2D eigenvalue weighted by Crippen LogP contribution is -2.01. The minimum Gasteiger partial charge on any atom is -0.481 e. The number of carboxylic acids is 1. The van der Waals surface area contributed by atoms with E-state index in [4.69, 9.17) is 9.84 Å². The molecular formula is C11H10O4S. The fourth-order valence-corrected chi connectivity index (χ4v) is 1.70. The highest BCUT2D eigenvalue weighted by atomic mass is 32.1. The van der Waals surface area contributed by atoms with Gasteiger partial charge in [-0.3, -0.25) is 4.79 Å². The first kappa shape index (κ1) is 12.3. The van der Waals surface area contributed by atoms with Gasteiger partial charge in [0.05, 0.1) is 11.5 Å². The number of hydrogen-bond donors (Lipinski definition) is 1. The molecule has 0 unspecified atom stereocenters. The molecule has 16 heavy (non-hydrogen) atoms. The fourth-order valence-electron chi connectivity index (χ4n) is 0.924. The summed E-state index contributed by atoms with van der Waals surface area (Å²) in [5, 5.41) is 8.38. The molecule has 0 aliphatic heterocycles. The van der Waals surface area contributed by atoms with Crippen molar-refractivity contribution in [3.8, 4) is 11.8 Å². The summed E-state index contributed by atoms with van der Waals surface area (Å²) in [7, 11) is 0. The van der Waals surface area contributed by atoms with Gasteiger partial charge in [0.1, 0.15) is 11.3 Å². The number of carbonyl (C=O) groups is 2. The van der Waals surface area contributed by atoms with E-state index < -0.39 is 5.97 Å². The maximum atomic E-state index is 11.3. The van der Waals surface area contributed by atoms with Crippen molar-refractivity contribution >= 4 is 23.3 Å². The predicted octanol–water partition coefficient (Wildman–Crippen LogP) is 1.75. The Bertz CT molecular complexity index is 450. The van der Waals surface area contributed by atoms with E-state index in [-0.39, 0.29) is 12.4 Å². The third kappa shape index (κ3) is 3.75. The second-order valence-electron chi connectivity index (χ2n) is 2.76. The Hall–Kier alpha value is -1.80. The highest BCUT2D eigenvalue weighted by Crippen LogP contribution is 2.16. The Morgan fingerprint density at radius 1 is 1.50 bits per heavy atom. The average molecular weight is 238 g/mol. The number of carbonyl (C=O) groups excluding carboxylic acids is 1. The van der Waals surface area contributed by atoms with Crippen molar-refractivity contribution in [2.24, 2.45) is 0 Å². The van der Waals surface area contributed by atoms with Crippen molar-refractivity contribution in [2.45, 2.75) is 13.3 Å². The van der Waals surface area contributed by atoms with Crippen LogP contribution in [0.15, 0.2) is 12.1 Å². The van der Waals surface area contributed by atoms with Gasteiger partial charge in [-0.25, -0.2) is 4.79 Å². The van der Waals surface area contributed by atoms with Crippen LogP contribution in [-0.4, -0.2) is 23.7 Å². The summed E-state index contributed by atoms with van der Waals surface area (Å²) in [5.41, 5.74) is 0. The van der Waals surface area contributed by atoms with Crippen LogP contribution in [0.2, 0.25) is 0 Å². The molecule has 1 heterocycles. The lowest BCUT2D eigenvalue weighted by atomic mass is 10.4. The summed E-state index contributed by atoms with van der Waals surface area (Å²) in [4.78, 5) is 22.6. The number of thiophene rings is 1. The highest BCUT2D eigenvalue weighted by molar-refractivity contribution is 7.14. The maximum absolute atomic E-state index is 11.3. The molecule has 0 amide bonds. The van der Waals surface area contributed by atoms with Crippen LogP contribution in [0.3, 0.4) is 0 Å². The van der Waals surface area contributed by atoms with Gasteiger partial charge in [-0.15, -0.1) is 11.3 Å². The molecule has 1 rings (SSSR count). The molecule has 1 N–H and O–H groups in total. The van der Waals surface area contributed by atoms with Crippen LogP contribution in [0.1, 0.15) is 27.9 Å². The van der Waals surface area contributed by atoms with Crippen molar-refractivity contribution in [1.29, 1.82) is 0 Å². The Morgan fingerprint density at radius 3 is 2.88 bits per heavy atom. The SMILES string of the molecule is CCOC(=O)c1ccc(C#CCC(=O)O)s1. The van der Waals surface area contributed by atoms with Crippen molar-refractivity contribution in [2.75, 3.05) is 6.61 Å². The number of esters is 1. The Morgan fingerprint density at radius 2 is 2.25 bits per heavy atom. The topological polar surface area (TPSA) is 63.6 Å². The largest absolute Gasteiger partial charge is 0.481 e. The second-order valence-corrected chi connectivity index (χ2v) is 3.84. The van der Waals surface area contributed by atoms with Crippen molar-refractivity contribution in [1.82, 2.24) is 0 Å². The second kappa shape index (κ2) is 5.93. The Labute approximate surface area is 96.9 Å². The van der Waals surface area contributed by atoms with Crippen molar-refractivity contribution < 1.29 is 19.4 Å². The van der Waals surface area contributed by atoms with Gasteiger partial charge in [0.2, 0.25) is 0 Å². The van der Waals surface area contributed by atoms with Crippen molar-refractivity contribution in [3.05, 3.63) is 21.9 Å². The smallest absolute Gasteiger partial charge is 0.348 e. The van der Waals surface area contributed by atoms with E-state index in [2.05, 4.69) is 11.8 Å². The minimum absolute atomic E-state index is 0.202. The average Bonchev–Trinajstić information content (AvgIpc) is 2.66. The van der Waals surface area contributed by atoms with E-state index in [9.17, 15) is 9.59 Å². The maximum Gasteiger partial charge on any atom is 0.348 e. The Balaban J connectivity index is 2.66. The minimum atomic E-state index is -0.963. The van der Waals surface area contributed by atoms with Gasteiger partial charge in [-0.2, -0.15) is 0 Å². The van der Waals surface area contributed by atoms with E-state index in [1.165, 1.54) is 11.3 Å². The summed E-state index contributed by atoms with van der Waals surface area (Å²) in [6.45, 7) is 2.07. The van der Waals surface area contributed by atoms with Gasteiger partial charge in [-0.05, 0) is 19.1 Å². The molecule has 0 radical (unpaired) electrons. The lowest BCUT2D eigenvalue weighted by molar-refractivity contribution is -0.135.